The molecule has 5 aromatic rings. The van der Waals surface area contributed by atoms with Crippen LogP contribution in [0.15, 0.2) is 56.6 Å². The summed E-state index contributed by atoms with van der Waals surface area (Å²) in [5, 5.41) is 15.6. The standard InChI is InChI=1S/C27H20N4O5S/c1-33-19-8-13(9-20(34-2)25(19)35-3)17-10-18-15(11-28)22-16-12-37-21-7-5-4-6-14(21)24(16)36-27(32)23(22)26(29)31(18)30-17/h4-10H,12,29H2,1-3H3. The molecular weight excluding hydrogens is 492 g/mol. The largest absolute Gasteiger partial charge is 0.493 e. The average molecular weight is 513 g/mol. The number of nitrogen functional groups attached to an aromatic ring is 1. The Hall–Kier alpha value is -4.62. The van der Waals surface area contributed by atoms with Crippen molar-refractivity contribution in [3.05, 3.63) is 64.0 Å². The van der Waals surface area contributed by atoms with Crippen molar-refractivity contribution in [3.63, 3.8) is 0 Å². The molecule has 3 aromatic heterocycles. The maximum atomic E-state index is 13.3. The fourth-order valence-electron chi connectivity index (χ4n) is 4.83. The summed E-state index contributed by atoms with van der Waals surface area (Å²) in [5.41, 5.74) is 9.43. The zero-order valence-corrected chi connectivity index (χ0v) is 20.9. The van der Waals surface area contributed by atoms with E-state index in [-0.39, 0.29) is 11.2 Å². The number of benzene rings is 2. The maximum absolute atomic E-state index is 13.3. The molecule has 6 rings (SSSR count). The first-order chi connectivity index (χ1) is 18.0. The SMILES string of the molecule is COc1cc(-c2cc3c(C#N)c4c5c(oc(=O)c4c(N)n3n2)-c2ccccc2SC5)cc(OC)c1OC. The van der Waals surface area contributed by atoms with Crippen LogP contribution >= 0.6 is 11.8 Å². The van der Waals surface area contributed by atoms with Gasteiger partial charge < -0.3 is 24.4 Å². The molecule has 1 aliphatic rings. The fraction of sp³-hybridized carbons (Fsp3) is 0.148. The Morgan fingerprint density at radius 3 is 2.49 bits per heavy atom. The van der Waals surface area contributed by atoms with Crippen LogP contribution in [0.5, 0.6) is 17.2 Å². The molecule has 0 saturated heterocycles. The topological polar surface area (TPSA) is 125 Å². The Morgan fingerprint density at radius 2 is 1.81 bits per heavy atom. The van der Waals surface area contributed by atoms with Crippen molar-refractivity contribution < 1.29 is 18.6 Å². The molecule has 1 aliphatic heterocycles. The van der Waals surface area contributed by atoms with E-state index in [4.69, 9.17) is 24.4 Å². The minimum atomic E-state index is -0.615. The van der Waals surface area contributed by atoms with Gasteiger partial charge in [0.25, 0.3) is 0 Å². The van der Waals surface area contributed by atoms with Gasteiger partial charge in [0.15, 0.2) is 11.5 Å². The van der Waals surface area contributed by atoms with E-state index in [0.717, 1.165) is 16.0 Å². The van der Waals surface area contributed by atoms with Gasteiger partial charge in [-0.25, -0.2) is 9.31 Å². The first kappa shape index (κ1) is 22.8. The lowest BCUT2D eigenvalue weighted by Crippen LogP contribution is -2.13. The van der Waals surface area contributed by atoms with E-state index in [9.17, 15) is 10.1 Å². The molecule has 0 atom stereocenters. The summed E-state index contributed by atoms with van der Waals surface area (Å²) >= 11 is 1.62. The Morgan fingerprint density at radius 1 is 1.08 bits per heavy atom. The van der Waals surface area contributed by atoms with Crippen molar-refractivity contribution in [3.8, 4) is 45.9 Å². The molecule has 2 N–H and O–H groups in total. The number of nitrogens with zero attached hydrogens (tertiary/aromatic N) is 3. The summed E-state index contributed by atoms with van der Waals surface area (Å²) in [6.07, 6.45) is 0. The summed E-state index contributed by atoms with van der Waals surface area (Å²) < 4.78 is 23.6. The van der Waals surface area contributed by atoms with Gasteiger partial charge in [-0.2, -0.15) is 10.4 Å². The number of rotatable bonds is 4. The molecule has 0 fully saturated rings. The molecule has 0 spiro atoms. The van der Waals surface area contributed by atoms with Crippen LogP contribution < -0.4 is 25.6 Å². The zero-order valence-electron chi connectivity index (χ0n) is 20.1. The smallest absolute Gasteiger partial charge is 0.348 e. The van der Waals surface area contributed by atoms with Crippen LogP contribution in [0.1, 0.15) is 11.1 Å². The van der Waals surface area contributed by atoms with Crippen molar-refractivity contribution in [1.29, 1.82) is 5.26 Å². The van der Waals surface area contributed by atoms with Gasteiger partial charge in [0.2, 0.25) is 5.75 Å². The van der Waals surface area contributed by atoms with E-state index >= 15 is 0 Å². The zero-order chi connectivity index (χ0) is 25.8. The highest BCUT2D eigenvalue weighted by Gasteiger charge is 2.28. The number of hydrogen-bond acceptors (Lipinski definition) is 9. The third kappa shape index (κ3) is 3.24. The Bertz CT molecular complexity index is 1830. The van der Waals surface area contributed by atoms with Gasteiger partial charge >= 0.3 is 5.63 Å². The number of aromatic nitrogens is 2. The molecule has 0 amide bonds. The van der Waals surface area contributed by atoms with E-state index in [1.165, 1.54) is 25.8 Å². The lowest BCUT2D eigenvalue weighted by Gasteiger charge is -2.20. The number of anilines is 1. The van der Waals surface area contributed by atoms with E-state index in [1.807, 2.05) is 24.3 Å². The molecule has 184 valence electrons. The summed E-state index contributed by atoms with van der Waals surface area (Å²) in [7, 11) is 4.59. The Balaban J connectivity index is 1.68. The lowest BCUT2D eigenvalue weighted by atomic mass is 9.98. The maximum Gasteiger partial charge on any atom is 0.348 e. The van der Waals surface area contributed by atoms with Crippen LogP contribution in [0.3, 0.4) is 0 Å². The normalized spacial score (nSPS) is 12.2. The van der Waals surface area contributed by atoms with Crippen LogP contribution in [0.25, 0.3) is 38.9 Å². The lowest BCUT2D eigenvalue weighted by molar-refractivity contribution is 0.324. The monoisotopic (exact) mass is 512 g/mol. The number of nitrogens with two attached hydrogens (primary N) is 1. The molecule has 10 heteroatoms. The molecule has 0 radical (unpaired) electrons. The van der Waals surface area contributed by atoms with Crippen LogP contribution in [-0.4, -0.2) is 30.9 Å². The quantitative estimate of drug-likeness (QED) is 0.359. The van der Waals surface area contributed by atoms with Gasteiger partial charge in [-0.3, -0.25) is 0 Å². The van der Waals surface area contributed by atoms with E-state index < -0.39 is 5.63 Å². The van der Waals surface area contributed by atoms with Gasteiger partial charge in [-0.1, -0.05) is 18.2 Å². The van der Waals surface area contributed by atoms with Crippen LogP contribution in [0.2, 0.25) is 0 Å². The number of pyridine rings is 1. The molecule has 0 aliphatic carbocycles. The number of thioether (sulfide) groups is 1. The first-order valence-corrected chi connectivity index (χ1v) is 12.2. The number of nitriles is 1. The van der Waals surface area contributed by atoms with Gasteiger partial charge in [-0.15, -0.1) is 11.8 Å². The van der Waals surface area contributed by atoms with Crippen molar-refractivity contribution in [2.75, 3.05) is 27.1 Å². The number of methoxy groups -OCH3 is 3. The van der Waals surface area contributed by atoms with E-state index in [0.29, 0.717) is 56.5 Å². The number of fused-ring (bicyclic) bond motifs is 6. The minimum absolute atomic E-state index is 0.100. The van der Waals surface area contributed by atoms with Crippen LogP contribution in [0.4, 0.5) is 5.82 Å². The predicted molar refractivity (Wildman–Crippen MR) is 140 cm³/mol. The van der Waals surface area contributed by atoms with Crippen LogP contribution in [-0.2, 0) is 5.75 Å². The predicted octanol–water partition coefficient (Wildman–Crippen LogP) is 4.86. The molecule has 0 bridgehead atoms. The van der Waals surface area contributed by atoms with E-state index in [1.54, 1.807) is 30.0 Å². The Kier molecular flexibility index (Phi) is 5.24. The summed E-state index contributed by atoms with van der Waals surface area (Å²) in [6.45, 7) is 0. The van der Waals surface area contributed by atoms with Gasteiger partial charge in [-0.05, 0) is 24.3 Å². The summed E-state index contributed by atoms with van der Waals surface area (Å²) in [6, 6.07) is 15.3. The van der Waals surface area contributed by atoms with Gasteiger partial charge in [0, 0.05) is 32.7 Å². The number of hydrogen-bond donors (Lipinski definition) is 1. The molecule has 9 nitrogen and oxygen atoms in total. The number of ether oxygens (including phenoxy) is 3. The highest BCUT2D eigenvalue weighted by atomic mass is 32.2. The van der Waals surface area contributed by atoms with Crippen molar-refractivity contribution >= 4 is 33.9 Å². The molecule has 4 heterocycles. The van der Waals surface area contributed by atoms with Crippen LogP contribution in [0, 0.1) is 11.3 Å². The van der Waals surface area contributed by atoms with Crippen molar-refractivity contribution in [1.82, 2.24) is 9.61 Å². The highest BCUT2D eigenvalue weighted by Crippen LogP contribution is 2.46. The van der Waals surface area contributed by atoms with Gasteiger partial charge in [0.05, 0.1) is 38.1 Å². The fourth-order valence-corrected chi connectivity index (χ4v) is 5.89. The third-order valence-corrected chi connectivity index (χ3v) is 7.60. The summed E-state index contributed by atoms with van der Waals surface area (Å²) in [4.78, 5) is 14.3. The molecule has 0 saturated carbocycles. The van der Waals surface area contributed by atoms with E-state index in [2.05, 4.69) is 11.2 Å². The Labute approximate surface area is 215 Å². The second kappa shape index (κ2) is 8.50. The second-order valence-corrected chi connectivity index (χ2v) is 9.36. The highest BCUT2D eigenvalue weighted by molar-refractivity contribution is 7.98. The van der Waals surface area contributed by atoms with Gasteiger partial charge in [0.1, 0.15) is 23.0 Å². The second-order valence-electron chi connectivity index (χ2n) is 8.34. The molecular formula is C27H20N4O5S. The molecule has 37 heavy (non-hydrogen) atoms. The average Bonchev–Trinajstić information content (AvgIpc) is 3.38. The minimum Gasteiger partial charge on any atom is -0.493 e. The first-order valence-electron chi connectivity index (χ1n) is 11.2. The molecule has 2 aromatic carbocycles. The van der Waals surface area contributed by atoms with Crippen molar-refractivity contribution in [2.24, 2.45) is 0 Å². The third-order valence-electron chi connectivity index (χ3n) is 6.50. The molecule has 0 unspecified atom stereocenters. The summed E-state index contributed by atoms with van der Waals surface area (Å²) in [5.74, 6) is 2.46. The van der Waals surface area contributed by atoms with Crippen molar-refractivity contribution in [2.45, 2.75) is 10.6 Å².